The Hall–Kier alpha value is -3.72. The molecule has 1 amide bonds. The topological polar surface area (TPSA) is 128 Å². The second-order valence-corrected chi connectivity index (χ2v) is 7.38. The zero-order chi connectivity index (χ0) is 20.7. The van der Waals surface area contributed by atoms with Gasteiger partial charge in [-0.25, -0.2) is 14.8 Å². The number of amidine groups is 1. The van der Waals surface area contributed by atoms with Crippen molar-refractivity contribution in [3.05, 3.63) is 59.9 Å². The first-order valence-electron chi connectivity index (χ1n) is 9.70. The molecule has 1 aromatic carbocycles. The van der Waals surface area contributed by atoms with E-state index < -0.39 is 6.03 Å². The highest BCUT2D eigenvalue weighted by atomic mass is 16.5. The maximum atomic E-state index is 12.5. The number of benzene rings is 1. The van der Waals surface area contributed by atoms with Crippen LogP contribution >= 0.6 is 0 Å². The molecule has 30 heavy (non-hydrogen) atoms. The summed E-state index contributed by atoms with van der Waals surface area (Å²) in [5, 5.41) is 13.9. The lowest BCUT2D eigenvalue weighted by molar-refractivity contribution is 0.251. The monoisotopic (exact) mass is 404 g/mol. The lowest BCUT2D eigenvalue weighted by Gasteiger charge is -2.08. The summed E-state index contributed by atoms with van der Waals surface area (Å²) >= 11 is 0. The first-order chi connectivity index (χ1) is 14.6. The number of aliphatic imine (C=N–C) groups is 1. The number of aliphatic hydroxyl groups is 1. The number of aliphatic hydroxyl groups excluding tert-OH is 1. The van der Waals surface area contributed by atoms with E-state index in [1.807, 2.05) is 6.07 Å². The summed E-state index contributed by atoms with van der Waals surface area (Å²) in [6.45, 7) is 1.37. The normalized spacial score (nSPS) is 16.7. The van der Waals surface area contributed by atoms with Crippen LogP contribution in [0.1, 0.15) is 24.1 Å². The van der Waals surface area contributed by atoms with Gasteiger partial charge in [-0.2, -0.15) is 4.99 Å². The molecule has 2 aromatic heterocycles. The van der Waals surface area contributed by atoms with Gasteiger partial charge in [0.05, 0.1) is 22.5 Å². The van der Waals surface area contributed by atoms with Crippen molar-refractivity contribution in [1.29, 1.82) is 0 Å². The summed E-state index contributed by atoms with van der Waals surface area (Å²) in [5.74, 6) is 1.44. The van der Waals surface area contributed by atoms with Crippen LogP contribution in [0.25, 0.3) is 10.9 Å². The number of allylic oxidation sites excluding steroid dienone is 1. The van der Waals surface area contributed by atoms with Gasteiger partial charge < -0.3 is 20.9 Å². The van der Waals surface area contributed by atoms with E-state index in [1.165, 1.54) is 17.0 Å². The van der Waals surface area contributed by atoms with E-state index in [2.05, 4.69) is 20.3 Å². The van der Waals surface area contributed by atoms with Gasteiger partial charge in [0, 0.05) is 36.7 Å². The molecule has 9 heteroatoms. The predicted octanol–water partition coefficient (Wildman–Crippen LogP) is 3.00. The minimum Gasteiger partial charge on any atom is -0.512 e. The van der Waals surface area contributed by atoms with E-state index >= 15 is 0 Å². The van der Waals surface area contributed by atoms with Crippen LogP contribution in [0.3, 0.4) is 0 Å². The molecule has 1 fully saturated rings. The summed E-state index contributed by atoms with van der Waals surface area (Å²) in [6, 6.07) is 6.66. The molecule has 3 heterocycles. The van der Waals surface area contributed by atoms with Gasteiger partial charge in [0.2, 0.25) is 5.88 Å². The molecule has 5 rings (SSSR count). The number of amides is 1. The maximum absolute atomic E-state index is 12.5. The molecular formula is C21H20N6O3. The molecular weight excluding hydrogens is 384 g/mol. The average molecular weight is 404 g/mol. The van der Waals surface area contributed by atoms with Crippen LogP contribution in [0.4, 0.5) is 4.79 Å². The number of nitrogens with zero attached hydrogens (tertiary/aromatic N) is 4. The summed E-state index contributed by atoms with van der Waals surface area (Å²) in [5.41, 5.74) is 8.36. The Morgan fingerprint density at radius 3 is 3.00 bits per heavy atom. The molecule has 0 atom stereocenters. The van der Waals surface area contributed by atoms with Gasteiger partial charge in [0.15, 0.2) is 0 Å². The van der Waals surface area contributed by atoms with Crippen LogP contribution < -0.4 is 15.8 Å². The highest BCUT2D eigenvalue weighted by molar-refractivity contribution is 6.02. The molecule has 1 aliphatic heterocycles. The van der Waals surface area contributed by atoms with Crippen LogP contribution in [0.2, 0.25) is 0 Å². The summed E-state index contributed by atoms with van der Waals surface area (Å²) < 4.78 is 7.37. The van der Waals surface area contributed by atoms with Crippen LogP contribution in [-0.4, -0.2) is 31.5 Å². The van der Waals surface area contributed by atoms with Gasteiger partial charge in [-0.1, -0.05) is 0 Å². The summed E-state index contributed by atoms with van der Waals surface area (Å²) in [4.78, 5) is 24.9. The molecule has 0 bridgehead atoms. The van der Waals surface area contributed by atoms with Gasteiger partial charge in [-0.05, 0) is 37.1 Å². The van der Waals surface area contributed by atoms with Crippen LogP contribution in [0, 0.1) is 5.92 Å². The number of fused-ring (bicyclic) bond motifs is 2. The third-order valence-electron chi connectivity index (χ3n) is 5.19. The number of hydrogen-bond acceptors (Lipinski definition) is 6. The Morgan fingerprint density at radius 1 is 1.30 bits per heavy atom. The van der Waals surface area contributed by atoms with E-state index in [9.17, 15) is 9.90 Å². The molecule has 0 unspecified atom stereocenters. The highest BCUT2D eigenvalue weighted by Gasteiger charge is 2.26. The Morgan fingerprint density at radius 2 is 2.17 bits per heavy atom. The van der Waals surface area contributed by atoms with Gasteiger partial charge in [0.25, 0.3) is 0 Å². The molecule has 0 radical (unpaired) electrons. The van der Waals surface area contributed by atoms with Crippen molar-refractivity contribution in [2.45, 2.75) is 25.9 Å². The van der Waals surface area contributed by atoms with E-state index in [-0.39, 0.29) is 17.5 Å². The number of carbonyl (C=O) groups is 1. The smallest absolute Gasteiger partial charge is 0.354 e. The van der Waals surface area contributed by atoms with Crippen molar-refractivity contribution in [1.82, 2.24) is 19.9 Å². The second kappa shape index (κ2) is 7.27. The average Bonchev–Trinajstić information content (AvgIpc) is 3.31. The Bertz CT molecular complexity index is 1210. The van der Waals surface area contributed by atoms with Gasteiger partial charge in [0.1, 0.15) is 17.9 Å². The Kier molecular flexibility index (Phi) is 4.44. The van der Waals surface area contributed by atoms with Crippen LogP contribution in [-0.2, 0) is 13.1 Å². The van der Waals surface area contributed by atoms with Crippen molar-refractivity contribution >= 4 is 22.8 Å². The lowest BCUT2D eigenvalue weighted by Crippen LogP contribution is -2.15. The number of carbonyl (C=O) groups excluding carboxylic acids is 1. The Balaban J connectivity index is 1.38. The Labute approximate surface area is 171 Å². The fraction of sp³-hybridized carbons (Fsp3) is 0.238. The van der Waals surface area contributed by atoms with Crippen molar-refractivity contribution in [2.24, 2.45) is 16.6 Å². The fourth-order valence-corrected chi connectivity index (χ4v) is 3.46. The van der Waals surface area contributed by atoms with Crippen LogP contribution in [0.15, 0.2) is 53.6 Å². The van der Waals surface area contributed by atoms with Crippen molar-refractivity contribution < 1.29 is 14.6 Å². The number of hydrogen-bond donors (Lipinski definition) is 3. The second-order valence-electron chi connectivity index (χ2n) is 7.38. The maximum Gasteiger partial charge on any atom is 0.354 e. The number of ether oxygens (including phenoxy) is 1. The molecule has 2 aliphatic rings. The van der Waals surface area contributed by atoms with Crippen molar-refractivity contribution in [2.75, 3.05) is 0 Å². The molecule has 0 spiro atoms. The number of rotatable bonds is 4. The van der Waals surface area contributed by atoms with Crippen molar-refractivity contribution in [3.63, 3.8) is 0 Å². The first kappa shape index (κ1) is 18.3. The minimum absolute atomic E-state index is 0.0163. The third-order valence-corrected chi connectivity index (χ3v) is 5.19. The number of nitrogens with two attached hydrogens (primary N) is 1. The molecule has 1 aliphatic carbocycles. The molecule has 3 aromatic rings. The quantitative estimate of drug-likeness (QED) is 0.346. The first-order valence-corrected chi connectivity index (χ1v) is 9.70. The van der Waals surface area contributed by atoms with Gasteiger partial charge in [-0.15, -0.1) is 0 Å². The van der Waals surface area contributed by atoms with Crippen LogP contribution in [0.5, 0.6) is 11.6 Å². The lowest BCUT2D eigenvalue weighted by atomic mass is 10.2. The standard InChI is InChI=1S/C21H20N6O3/c22-19(8-18(28)12-1-2-12)26-21(29)27-6-5-13-7-14(3-4-17(13)27)30-20-15-9-23-10-16(15)24-11-25-20/h3-8,11-12,23,28H,1-2,9-10H2,(H2,22,26,29)/b18-8-. The molecule has 9 nitrogen and oxygen atoms in total. The number of nitrogens with one attached hydrogen (secondary N) is 1. The summed E-state index contributed by atoms with van der Waals surface area (Å²) in [6.07, 6.45) is 6.34. The minimum atomic E-state index is -0.532. The van der Waals surface area contributed by atoms with E-state index in [4.69, 9.17) is 10.5 Å². The molecule has 0 saturated heterocycles. The summed E-state index contributed by atoms with van der Waals surface area (Å²) in [7, 11) is 0. The van der Waals surface area contributed by atoms with E-state index in [1.54, 1.807) is 24.4 Å². The number of aromatic nitrogens is 3. The largest absolute Gasteiger partial charge is 0.512 e. The van der Waals surface area contributed by atoms with E-state index in [0.717, 1.165) is 29.5 Å². The van der Waals surface area contributed by atoms with Crippen molar-refractivity contribution in [3.8, 4) is 11.6 Å². The fourth-order valence-electron chi connectivity index (χ4n) is 3.46. The molecule has 152 valence electrons. The highest BCUT2D eigenvalue weighted by Crippen LogP contribution is 2.34. The molecule has 4 N–H and O–H groups in total. The van der Waals surface area contributed by atoms with Gasteiger partial charge in [-0.3, -0.25) is 4.57 Å². The van der Waals surface area contributed by atoms with E-state index in [0.29, 0.717) is 30.2 Å². The SMILES string of the molecule is NC(/C=C(\O)C1CC1)=NC(=O)n1ccc2cc(Oc3ncnc4c3CNC4)ccc21. The zero-order valence-electron chi connectivity index (χ0n) is 16.1. The predicted molar refractivity (Wildman–Crippen MR) is 110 cm³/mol. The zero-order valence-corrected chi connectivity index (χ0v) is 16.1. The van der Waals surface area contributed by atoms with Gasteiger partial charge >= 0.3 is 6.03 Å². The molecule has 1 saturated carbocycles. The third kappa shape index (κ3) is 3.50.